The van der Waals surface area contributed by atoms with Crippen LogP contribution in [-0.4, -0.2) is 22.0 Å². The first-order chi connectivity index (χ1) is 7.09. The summed E-state index contributed by atoms with van der Waals surface area (Å²) in [5.74, 6) is -0.0648. The third-order valence-electron chi connectivity index (χ3n) is 2.21. The third-order valence-corrected chi connectivity index (χ3v) is 2.81. The molecule has 1 aromatic carbocycles. The van der Waals surface area contributed by atoms with E-state index < -0.39 is 6.04 Å². The number of rotatable bonds is 2. The second kappa shape index (κ2) is 3.75. The fourth-order valence-corrected chi connectivity index (χ4v) is 1.80. The van der Waals surface area contributed by atoms with E-state index in [2.05, 4.69) is 26.1 Å². The van der Waals surface area contributed by atoms with Gasteiger partial charge < -0.3 is 5.73 Å². The highest BCUT2D eigenvalue weighted by molar-refractivity contribution is 9.10. The van der Waals surface area contributed by atoms with E-state index in [1.807, 2.05) is 0 Å². The van der Waals surface area contributed by atoms with E-state index in [0.717, 1.165) is 15.5 Å². The van der Waals surface area contributed by atoms with E-state index in [4.69, 9.17) is 5.73 Å². The van der Waals surface area contributed by atoms with E-state index >= 15 is 0 Å². The number of ketones is 1. The van der Waals surface area contributed by atoms with Crippen LogP contribution in [0.1, 0.15) is 17.3 Å². The summed E-state index contributed by atoms with van der Waals surface area (Å²) in [7, 11) is 0. The average molecular weight is 268 g/mol. The van der Waals surface area contributed by atoms with Crippen LogP contribution in [0.5, 0.6) is 0 Å². The van der Waals surface area contributed by atoms with Gasteiger partial charge in [-0.05, 0) is 41.1 Å². The van der Waals surface area contributed by atoms with E-state index in [0.29, 0.717) is 5.56 Å². The Morgan fingerprint density at radius 1 is 1.60 bits per heavy atom. The van der Waals surface area contributed by atoms with Gasteiger partial charge in [0.25, 0.3) is 0 Å². The molecule has 4 nitrogen and oxygen atoms in total. The molecular formula is C10H10BrN3O. The molecule has 0 amide bonds. The van der Waals surface area contributed by atoms with Gasteiger partial charge in [-0.25, -0.2) is 0 Å². The molecule has 0 bridgehead atoms. The van der Waals surface area contributed by atoms with Crippen molar-refractivity contribution in [1.29, 1.82) is 0 Å². The maximum Gasteiger partial charge on any atom is 0.179 e. The van der Waals surface area contributed by atoms with Gasteiger partial charge in [0.05, 0.1) is 11.6 Å². The number of aromatic nitrogens is 2. The molecule has 78 valence electrons. The highest BCUT2D eigenvalue weighted by Crippen LogP contribution is 2.22. The lowest BCUT2D eigenvalue weighted by Gasteiger charge is -2.03. The van der Waals surface area contributed by atoms with Crippen LogP contribution >= 0.6 is 15.9 Å². The number of aromatic amines is 1. The largest absolute Gasteiger partial charge is 0.321 e. The van der Waals surface area contributed by atoms with Crippen LogP contribution < -0.4 is 5.73 Å². The molecule has 0 saturated heterocycles. The number of nitrogens with one attached hydrogen (secondary N) is 1. The highest BCUT2D eigenvalue weighted by atomic mass is 79.9. The number of benzene rings is 1. The molecule has 0 fully saturated rings. The number of nitrogens with zero attached hydrogens (tertiary/aromatic N) is 1. The van der Waals surface area contributed by atoms with Crippen molar-refractivity contribution in [1.82, 2.24) is 10.2 Å². The highest BCUT2D eigenvalue weighted by Gasteiger charge is 2.12. The monoisotopic (exact) mass is 267 g/mol. The number of carbonyl (C=O) groups is 1. The summed E-state index contributed by atoms with van der Waals surface area (Å²) in [6.45, 7) is 1.68. The molecule has 0 spiro atoms. The molecular weight excluding hydrogens is 258 g/mol. The van der Waals surface area contributed by atoms with Crippen LogP contribution in [0.3, 0.4) is 0 Å². The van der Waals surface area contributed by atoms with Crippen molar-refractivity contribution in [3.05, 3.63) is 28.4 Å². The first kappa shape index (κ1) is 10.3. The minimum atomic E-state index is -0.479. The molecule has 5 heteroatoms. The van der Waals surface area contributed by atoms with Crippen LogP contribution in [0.25, 0.3) is 10.9 Å². The number of hydrogen-bond acceptors (Lipinski definition) is 3. The lowest BCUT2D eigenvalue weighted by molar-refractivity contribution is 0.0968. The minimum Gasteiger partial charge on any atom is -0.321 e. The average Bonchev–Trinajstić information content (AvgIpc) is 2.59. The summed E-state index contributed by atoms with van der Waals surface area (Å²) in [6.07, 6.45) is 0. The molecule has 1 unspecified atom stereocenters. The van der Waals surface area contributed by atoms with Crippen LogP contribution in [0, 0.1) is 0 Å². The van der Waals surface area contributed by atoms with Gasteiger partial charge in [-0.3, -0.25) is 9.89 Å². The van der Waals surface area contributed by atoms with Crippen LogP contribution in [0.4, 0.5) is 0 Å². The van der Waals surface area contributed by atoms with Crippen molar-refractivity contribution in [3.63, 3.8) is 0 Å². The molecule has 0 aliphatic rings. The molecule has 2 aromatic rings. The summed E-state index contributed by atoms with van der Waals surface area (Å²) >= 11 is 3.33. The molecule has 0 radical (unpaired) electrons. The molecule has 15 heavy (non-hydrogen) atoms. The van der Waals surface area contributed by atoms with Crippen molar-refractivity contribution < 1.29 is 4.79 Å². The normalized spacial score (nSPS) is 13.0. The van der Waals surface area contributed by atoms with Gasteiger partial charge in [0, 0.05) is 10.9 Å². The molecule has 1 heterocycles. The van der Waals surface area contributed by atoms with Crippen molar-refractivity contribution in [2.75, 3.05) is 0 Å². The predicted octanol–water partition coefficient (Wildman–Crippen LogP) is 1.86. The number of hydrogen-bond donors (Lipinski definition) is 2. The molecule has 0 aliphatic carbocycles. The lowest BCUT2D eigenvalue weighted by atomic mass is 10.0. The Bertz CT molecular complexity index is 518. The van der Waals surface area contributed by atoms with Gasteiger partial charge in [-0.15, -0.1) is 0 Å². The van der Waals surface area contributed by atoms with Gasteiger partial charge in [0.2, 0.25) is 0 Å². The van der Waals surface area contributed by atoms with E-state index in [1.165, 1.54) is 0 Å². The number of Topliss-reactive ketones (excluding diaryl/α,β-unsaturated/α-hetero) is 1. The van der Waals surface area contributed by atoms with E-state index in [-0.39, 0.29) is 5.78 Å². The Balaban J connectivity index is 2.55. The Morgan fingerprint density at radius 3 is 3.00 bits per heavy atom. The van der Waals surface area contributed by atoms with Crippen LogP contribution in [0.2, 0.25) is 0 Å². The second-order valence-corrected chi connectivity index (χ2v) is 4.22. The predicted molar refractivity (Wildman–Crippen MR) is 61.8 cm³/mol. The number of fused-ring (bicyclic) bond motifs is 1. The van der Waals surface area contributed by atoms with Gasteiger partial charge in [-0.2, -0.15) is 5.10 Å². The maximum absolute atomic E-state index is 11.7. The number of H-pyrrole nitrogens is 1. The Hall–Kier alpha value is -1.20. The van der Waals surface area contributed by atoms with Crippen molar-refractivity contribution >= 4 is 32.6 Å². The van der Waals surface area contributed by atoms with Crippen LogP contribution in [0.15, 0.2) is 22.8 Å². The summed E-state index contributed by atoms with van der Waals surface area (Å²) in [6, 6.07) is 4.84. The minimum absolute atomic E-state index is 0.0648. The molecule has 0 aliphatic heterocycles. The zero-order chi connectivity index (χ0) is 11.0. The zero-order valence-corrected chi connectivity index (χ0v) is 9.71. The van der Waals surface area contributed by atoms with Crippen molar-refractivity contribution in [2.45, 2.75) is 13.0 Å². The first-order valence-corrected chi connectivity index (χ1v) is 5.32. The Kier molecular flexibility index (Phi) is 2.58. The van der Waals surface area contributed by atoms with Gasteiger partial charge in [0.15, 0.2) is 5.78 Å². The summed E-state index contributed by atoms with van der Waals surface area (Å²) < 4.78 is 0.775. The number of nitrogens with two attached hydrogens (primary N) is 1. The number of halogens is 1. The van der Waals surface area contributed by atoms with Gasteiger partial charge in [-0.1, -0.05) is 0 Å². The van der Waals surface area contributed by atoms with Crippen molar-refractivity contribution in [3.8, 4) is 0 Å². The Labute approximate surface area is 95.0 Å². The fourth-order valence-electron chi connectivity index (χ4n) is 1.40. The quantitative estimate of drug-likeness (QED) is 0.816. The molecule has 1 atom stereocenters. The second-order valence-electron chi connectivity index (χ2n) is 3.42. The summed E-state index contributed by atoms with van der Waals surface area (Å²) in [5.41, 5.74) is 6.97. The molecule has 1 aromatic heterocycles. The standard InChI is InChI=1S/C10H10BrN3O/c1-5(12)9(15)6-2-3-8-7(4-6)10(11)14-13-8/h2-5H,12H2,1H3,(H,13,14). The van der Waals surface area contributed by atoms with E-state index in [9.17, 15) is 4.79 Å². The molecule has 0 saturated carbocycles. The summed E-state index contributed by atoms with van der Waals surface area (Å²) in [5, 5.41) is 7.74. The van der Waals surface area contributed by atoms with Gasteiger partial charge in [0.1, 0.15) is 4.60 Å². The number of carbonyl (C=O) groups excluding carboxylic acids is 1. The molecule has 3 N–H and O–H groups in total. The fraction of sp³-hybridized carbons (Fsp3) is 0.200. The maximum atomic E-state index is 11.7. The molecule has 2 rings (SSSR count). The summed E-state index contributed by atoms with van der Waals surface area (Å²) in [4.78, 5) is 11.7. The smallest absolute Gasteiger partial charge is 0.179 e. The lowest BCUT2D eigenvalue weighted by Crippen LogP contribution is -2.26. The topological polar surface area (TPSA) is 71.8 Å². The Morgan fingerprint density at radius 2 is 2.33 bits per heavy atom. The zero-order valence-electron chi connectivity index (χ0n) is 8.12. The van der Waals surface area contributed by atoms with Crippen LogP contribution in [-0.2, 0) is 0 Å². The van der Waals surface area contributed by atoms with Crippen molar-refractivity contribution in [2.24, 2.45) is 5.73 Å². The van der Waals surface area contributed by atoms with E-state index in [1.54, 1.807) is 25.1 Å². The van der Waals surface area contributed by atoms with Gasteiger partial charge >= 0.3 is 0 Å². The third kappa shape index (κ3) is 1.80. The first-order valence-electron chi connectivity index (χ1n) is 4.53. The SMILES string of the molecule is CC(N)C(=O)c1ccc2n[nH]c(Br)c2c1.